The van der Waals surface area contributed by atoms with Crippen molar-refractivity contribution in [1.29, 1.82) is 0 Å². The summed E-state index contributed by atoms with van der Waals surface area (Å²) in [6.07, 6.45) is -0.901. The Kier molecular flexibility index (Phi) is 5.20. The highest BCUT2D eigenvalue weighted by Crippen LogP contribution is 2.26. The molecular formula is C12H16ClNO4S. The summed E-state index contributed by atoms with van der Waals surface area (Å²) in [5, 5.41) is 0.0859. The maximum absolute atomic E-state index is 12.4. The summed E-state index contributed by atoms with van der Waals surface area (Å²) < 4.78 is 30.1. The van der Waals surface area contributed by atoms with Crippen LogP contribution in [0.2, 0.25) is 5.02 Å². The van der Waals surface area contributed by atoms with E-state index in [1.54, 1.807) is 26.8 Å². The van der Waals surface area contributed by atoms with Gasteiger partial charge < -0.3 is 4.74 Å². The Balaban J connectivity index is 3.24. The number of ether oxygens (including phenoxy) is 1. The fraction of sp³-hybridized carbons (Fsp3) is 0.417. The molecule has 0 aliphatic rings. The molecule has 0 fully saturated rings. The quantitative estimate of drug-likeness (QED) is 0.858. The third-order valence-corrected chi connectivity index (χ3v) is 4.74. The average molecular weight is 306 g/mol. The number of benzene rings is 1. The van der Waals surface area contributed by atoms with E-state index in [-0.39, 0.29) is 23.1 Å². The summed E-state index contributed by atoms with van der Waals surface area (Å²) in [5.74, 6) is 0. The van der Waals surface area contributed by atoms with Crippen LogP contribution in [0.5, 0.6) is 0 Å². The highest BCUT2D eigenvalue weighted by molar-refractivity contribution is 7.89. The van der Waals surface area contributed by atoms with Gasteiger partial charge >= 0.3 is 6.09 Å². The van der Waals surface area contributed by atoms with Crippen molar-refractivity contribution in [2.24, 2.45) is 0 Å². The second kappa shape index (κ2) is 6.25. The summed E-state index contributed by atoms with van der Waals surface area (Å²) in [4.78, 5) is 11.6. The largest absolute Gasteiger partial charge is 0.449 e. The lowest BCUT2D eigenvalue weighted by molar-refractivity contribution is 0.132. The monoisotopic (exact) mass is 305 g/mol. The minimum atomic E-state index is -3.99. The van der Waals surface area contributed by atoms with E-state index in [1.807, 2.05) is 0 Å². The number of sulfonamides is 1. The minimum Gasteiger partial charge on any atom is -0.449 e. The van der Waals surface area contributed by atoms with Gasteiger partial charge in [-0.15, -0.1) is 0 Å². The van der Waals surface area contributed by atoms with Crippen LogP contribution in [0.1, 0.15) is 19.4 Å². The first kappa shape index (κ1) is 15.8. The van der Waals surface area contributed by atoms with Gasteiger partial charge in [0.15, 0.2) is 0 Å². The Morgan fingerprint density at radius 1 is 1.37 bits per heavy atom. The van der Waals surface area contributed by atoms with Crippen LogP contribution in [-0.2, 0) is 14.8 Å². The zero-order valence-corrected chi connectivity index (χ0v) is 12.6. The van der Waals surface area contributed by atoms with E-state index in [4.69, 9.17) is 16.3 Å². The second-order valence-corrected chi connectivity index (χ2v) is 6.04. The van der Waals surface area contributed by atoms with Gasteiger partial charge in [-0.1, -0.05) is 17.7 Å². The van der Waals surface area contributed by atoms with Crippen molar-refractivity contribution in [1.82, 2.24) is 4.31 Å². The van der Waals surface area contributed by atoms with Crippen LogP contribution in [0.4, 0.5) is 4.79 Å². The van der Waals surface area contributed by atoms with E-state index in [9.17, 15) is 13.2 Å². The van der Waals surface area contributed by atoms with E-state index in [1.165, 1.54) is 12.1 Å². The van der Waals surface area contributed by atoms with Crippen LogP contribution in [-0.4, -0.2) is 32.0 Å². The molecule has 0 saturated carbocycles. The molecule has 0 aliphatic heterocycles. The third kappa shape index (κ3) is 3.39. The zero-order valence-electron chi connectivity index (χ0n) is 11.0. The lowest BCUT2D eigenvalue weighted by atomic mass is 10.2. The first-order valence-electron chi connectivity index (χ1n) is 5.80. The van der Waals surface area contributed by atoms with Gasteiger partial charge in [0.2, 0.25) is 0 Å². The van der Waals surface area contributed by atoms with Crippen molar-refractivity contribution in [3.05, 3.63) is 28.8 Å². The summed E-state index contributed by atoms with van der Waals surface area (Å²) in [7, 11) is -3.99. The Bertz CT molecular complexity index is 571. The molecule has 106 valence electrons. The Morgan fingerprint density at radius 3 is 2.47 bits per heavy atom. The Morgan fingerprint density at radius 2 is 2.00 bits per heavy atom. The molecule has 0 radical (unpaired) electrons. The van der Waals surface area contributed by atoms with Crippen molar-refractivity contribution in [3.63, 3.8) is 0 Å². The van der Waals surface area contributed by atoms with Gasteiger partial charge in [-0.3, -0.25) is 0 Å². The fourth-order valence-corrected chi connectivity index (χ4v) is 3.43. The van der Waals surface area contributed by atoms with Gasteiger partial charge in [-0.05, 0) is 38.5 Å². The number of hydrogen-bond acceptors (Lipinski definition) is 4. The molecule has 0 unspecified atom stereocenters. The van der Waals surface area contributed by atoms with Crippen LogP contribution in [0.15, 0.2) is 23.1 Å². The molecule has 0 saturated heterocycles. The molecule has 0 N–H and O–H groups in total. The average Bonchev–Trinajstić information content (AvgIpc) is 2.28. The molecule has 0 spiro atoms. The van der Waals surface area contributed by atoms with Crippen LogP contribution in [0.25, 0.3) is 0 Å². The molecule has 7 heteroatoms. The SMILES string of the molecule is CCOC(=O)N(CC)S(=O)(=O)c1ccc(C)cc1Cl. The molecule has 19 heavy (non-hydrogen) atoms. The molecule has 1 aromatic rings. The van der Waals surface area contributed by atoms with E-state index in [2.05, 4.69) is 0 Å². The van der Waals surface area contributed by atoms with Gasteiger partial charge in [0, 0.05) is 6.54 Å². The van der Waals surface area contributed by atoms with Crippen LogP contribution < -0.4 is 0 Å². The molecule has 5 nitrogen and oxygen atoms in total. The number of carbonyl (C=O) groups is 1. The Hall–Kier alpha value is -1.27. The van der Waals surface area contributed by atoms with Gasteiger partial charge in [0.25, 0.3) is 10.0 Å². The number of halogens is 1. The van der Waals surface area contributed by atoms with Crippen molar-refractivity contribution in [3.8, 4) is 0 Å². The molecule has 0 aromatic heterocycles. The summed E-state index contributed by atoms with van der Waals surface area (Å²) in [5.41, 5.74) is 0.836. The number of aryl methyl sites for hydroxylation is 1. The second-order valence-electron chi connectivity index (χ2n) is 3.80. The highest BCUT2D eigenvalue weighted by Gasteiger charge is 2.30. The lowest BCUT2D eigenvalue weighted by Gasteiger charge is -2.20. The van der Waals surface area contributed by atoms with Crippen LogP contribution >= 0.6 is 11.6 Å². The number of rotatable bonds is 4. The van der Waals surface area contributed by atoms with Crippen molar-refractivity contribution in [2.75, 3.05) is 13.2 Å². The summed E-state index contributed by atoms with van der Waals surface area (Å²) >= 11 is 5.94. The maximum atomic E-state index is 12.4. The number of amides is 1. The van der Waals surface area contributed by atoms with Crippen molar-refractivity contribution in [2.45, 2.75) is 25.7 Å². The van der Waals surface area contributed by atoms with Crippen LogP contribution in [0, 0.1) is 6.92 Å². The predicted octanol–water partition coefficient (Wildman–Crippen LogP) is 2.82. The number of carbonyl (C=O) groups excluding carboxylic acids is 1. The van der Waals surface area contributed by atoms with E-state index < -0.39 is 16.1 Å². The normalized spacial score (nSPS) is 11.2. The third-order valence-electron chi connectivity index (χ3n) is 2.41. The molecule has 0 aliphatic carbocycles. The highest BCUT2D eigenvalue weighted by atomic mass is 35.5. The minimum absolute atomic E-state index is 0.0224. The first-order chi connectivity index (χ1) is 8.84. The molecule has 0 bridgehead atoms. The van der Waals surface area contributed by atoms with Gasteiger partial charge in [-0.2, -0.15) is 0 Å². The summed E-state index contributed by atoms with van der Waals surface area (Å²) in [6, 6.07) is 4.54. The molecule has 1 aromatic carbocycles. The standard InChI is InChI=1S/C12H16ClNO4S/c1-4-14(12(15)18-5-2)19(16,17)11-7-6-9(3)8-10(11)13/h6-8H,4-5H2,1-3H3. The number of nitrogens with zero attached hydrogens (tertiary/aromatic N) is 1. The molecular weight excluding hydrogens is 290 g/mol. The number of hydrogen-bond donors (Lipinski definition) is 0. The fourth-order valence-electron chi connectivity index (χ4n) is 1.53. The van der Waals surface area contributed by atoms with E-state index >= 15 is 0 Å². The van der Waals surface area contributed by atoms with Crippen molar-refractivity contribution >= 4 is 27.7 Å². The topological polar surface area (TPSA) is 63.7 Å². The van der Waals surface area contributed by atoms with Gasteiger partial charge in [0.05, 0.1) is 11.6 Å². The lowest BCUT2D eigenvalue weighted by Crippen LogP contribution is -2.37. The van der Waals surface area contributed by atoms with Gasteiger partial charge in [0.1, 0.15) is 4.90 Å². The Labute approximate surface area is 118 Å². The predicted molar refractivity (Wildman–Crippen MR) is 72.8 cm³/mol. The summed E-state index contributed by atoms with van der Waals surface area (Å²) in [6.45, 7) is 5.04. The van der Waals surface area contributed by atoms with Crippen molar-refractivity contribution < 1.29 is 17.9 Å². The molecule has 0 atom stereocenters. The first-order valence-corrected chi connectivity index (χ1v) is 7.62. The van der Waals surface area contributed by atoms with E-state index in [0.29, 0.717) is 4.31 Å². The van der Waals surface area contributed by atoms with E-state index in [0.717, 1.165) is 5.56 Å². The molecule has 0 heterocycles. The zero-order chi connectivity index (χ0) is 14.6. The smallest absolute Gasteiger partial charge is 0.423 e. The van der Waals surface area contributed by atoms with Crippen LogP contribution in [0.3, 0.4) is 0 Å². The maximum Gasteiger partial charge on any atom is 0.423 e. The molecule has 1 rings (SSSR count). The van der Waals surface area contributed by atoms with Gasteiger partial charge in [-0.25, -0.2) is 17.5 Å². The molecule has 1 amide bonds.